The Hall–Kier alpha value is -1.53. The molecule has 0 heterocycles. The first-order valence-corrected chi connectivity index (χ1v) is 6.36. The van der Waals surface area contributed by atoms with Crippen molar-refractivity contribution >= 4 is 5.69 Å². The predicted octanol–water partition coefficient (Wildman–Crippen LogP) is 2.63. The molecule has 1 rings (SSSR count). The summed E-state index contributed by atoms with van der Waals surface area (Å²) in [7, 11) is 2.03. The van der Waals surface area contributed by atoms with Crippen LogP contribution in [0.2, 0.25) is 0 Å². The van der Waals surface area contributed by atoms with Crippen molar-refractivity contribution in [2.75, 3.05) is 25.0 Å². The molecule has 1 N–H and O–H groups in total. The third-order valence-corrected chi connectivity index (χ3v) is 3.01. The predicted molar refractivity (Wildman–Crippen MR) is 76.9 cm³/mol. The number of nitriles is 1. The second kappa shape index (κ2) is 5.88. The van der Waals surface area contributed by atoms with Crippen LogP contribution in [0.4, 0.5) is 5.69 Å². The lowest BCUT2D eigenvalue weighted by molar-refractivity contribution is 0.462. The Morgan fingerprint density at radius 1 is 1.28 bits per heavy atom. The standard InChI is InChI=1S/C15H23N3/c1-6-17-15(4,10-16)11-18(5)14-8-12(2)7-13(3)9-14/h7-9,17H,6,11H2,1-5H3. The molecule has 0 aromatic heterocycles. The molecule has 1 aromatic rings. The minimum Gasteiger partial charge on any atom is -0.372 e. The molecule has 0 aliphatic carbocycles. The van der Waals surface area contributed by atoms with Gasteiger partial charge in [-0.1, -0.05) is 13.0 Å². The fourth-order valence-electron chi connectivity index (χ4n) is 2.26. The zero-order valence-electron chi connectivity index (χ0n) is 12.0. The van der Waals surface area contributed by atoms with Crippen LogP contribution < -0.4 is 10.2 Å². The van der Waals surface area contributed by atoms with Gasteiger partial charge in [0.05, 0.1) is 6.07 Å². The lowest BCUT2D eigenvalue weighted by atomic mass is 10.0. The summed E-state index contributed by atoms with van der Waals surface area (Å²) in [5, 5.41) is 12.5. The molecule has 0 radical (unpaired) electrons. The Balaban J connectivity index is 2.87. The molecule has 0 aliphatic rings. The molecule has 98 valence electrons. The van der Waals surface area contributed by atoms with E-state index in [4.69, 9.17) is 0 Å². The van der Waals surface area contributed by atoms with Crippen LogP contribution in [0.1, 0.15) is 25.0 Å². The first-order valence-electron chi connectivity index (χ1n) is 6.36. The maximum atomic E-state index is 9.28. The molecule has 1 atom stereocenters. The van der Waals surface area contributed by atoms with Crippen molar-refractivity contribution in [3.63, 3.8) is 0 Å². The van der Waals surface area contributed by atoms with Crippen molar-refractivity contribution in [3.8, 4) is 6.07 Å². The van der Waals surface area contributed by atoms with Crippen molar-refractivity contribution in [2.45, 2.75) is 33.2 Å². The summed E-state index contributed by atoms with van der Waals surface area (Å²) < 4.78 is 0. The maximum Gasteiger partial charge on any atom is 0.121 e. The molecular formula is C15H23N3. The number of anilines is 1. The van der Waals surface area contributed by atoms with Crippen LogP contribution >= 0.6 is 0 Å². The SMILES string of the molecule is CCNC(C)(C#N)CN(C)c1cc(C)cc(C)c1. The fourth-order valence-corrected chi connectivity index (χ4v) is 2.26. The number of nitrogens with one attached hydrogen (secondary N) is 1. The van der Waals surface area contributed by atoms with Crippen LogP contribution in [0.15, 0.2) is 18.2 Å². The van der Waals surface area contributed by atoms with Gasteiger partial charge in [-0.15, -0.1) is 0 Å². The molecular weight excluding hydrogens is 222 g/mol. The van der Waals surface area contributed by atoms with Gasteiger partial charge in [0.25, 0.3) is 0 Å². The number of nitrogens with zero attached hydrogens (tertiary/aromatic N) is 2. The van der Waals surface area contributed by atoms with E-state index >= 15 is 0 Å². The van der Waals surface area contributed by atoms with Crippen molar-refractivity contribution in [2.24, 2.45) is 0 Å². The number of likely N-dealkylation sites (N-methyl/N-ethyl adjacent to an activating group) is 2. The third-order valence-electron chi connectivity index (χ3n) is 3.01. The minimum absolute atomic E-state index is 0.513. The van der Waals surface area contributed by atoms with Gasteiger partial charge in [-0.25, -0.2) is 0 Å². The molecule has 18 heavy (non-hydrogen) atoms. The number of hydrogen-bond acceptors (Lipinski definition) is 3. The van der Waals surface area contributed by atoms with E-state index in [1.807, 2.05) is 20.9 Å². The highest BCUT2D eigenvalue weighted by molar-refractivity contribution is 5.51. The monoisotopic (exact) mass is 245 g/mol. The van der Waals surface area contributed by atoms with Crippen molar-refractivity contribution < 1.29 is 0 Å². The van der Waals surface area contributed by atoms with Gasteiger partial charge in [0.1, 0.15) is 5.54 Å². The van der Waals surface area contributed by atoms with E-state index in [9.17, 15) is 5.26 Å². The van der Waals surface area contributed by atoms with Gasteiger partial charge < -0.3 is 4.90 Å². The number of aryl methyl sites for hydroxylation is 2. The summed E-state index contributed by atoms with van der Waals surface area (Å²) in [5.74, 6) is 0. The van der Waals surface area contributed by atoms with Gasteiger partial charge in [0.15, 0.2) is 0 Å². The van der Waals surface area contributed by atoms with Gasteiger partial charge in [0.2, 0.25) is 0 Å². The highest BCUT2D eigenvalue weighted by Crippen LogP contribution is 2.19. The van der Waals surface area contributed by atoms with Crippen molar-refractivity contribution in [1.29, 1.82) is 5.26 Å². The van der Waals surface area contributed by atoms with Gasteiger partial charge in [-0.2, -0.15) is 5.26 Å². The van der Waals surface area contributed by atoms with Crippen LogP contribution in [0, 0.1) is 25.2 Å². The van der Waals surface area contributed by atoms with E-state index in [0.29, 0.717) is 6.54 Å². The second-order valence-electron chi connectivity index (χ2n) is 5.18. The topological polar surface area (TPSA) is 39.1 Å². The Morgan fingerprint density at radius 2 is 1.83 bits per heavy atom. The Bertz CT molecular complexity index is 427. The van der Waals surface area contributed by atoms with Crippen LogP contribution in [0.25, 0.3) is 0 Å². The summed E-state index contributed by atoms with van der Waals surface area (Å²) in [6.07, 6.45) is 0. The van der Waals surface area contributed by atoms with Gasteiger partial charge in [0, 0.05) is 19.3 Å². The van der Waals surface area contributed by atoms with Crippen LogP contribution in [0.3, 0.4) is 0 Å². The summed E-state index contributed by atoms with van der Waals surface area (Å²) in [6.45, 7) is 9.61. The zero-order chi connectivity index (χ0) is 13.8. The molecule has 1 aromatic carbocycles. The molecule has 3 nitrogen and oxygen atoms in total. The molecule has 3 heteroatoms. The van der Waals surface area contributed by atoms with Gasteiger partial charge in [-0.05, 0) is 50.6 Å². The van der Waals surface area contributed by atoms with E-state index in [1.165, 1.54) is 11.1 Å². The molecule has 0 aliphatic heterocycles. The number of benzene rings is 1. The first-order chi connectivity index (χ1) is 8.40. The summed E-state index contributed by atoms with van der Waals surface area (Å²) in [4.78, 5) is 2.13. The van der Waals surface area contributed by atoms with Crippen LogP contribution in [0.5, 0.6) is 0 Å². The van der Waals surface area contributed by atoms with E-state index < -0.39 is 5.54 Å². The van der Waals surface area contributed by atoms with Crippen molar-refractivity contribution in [1.82, 2.24) is 5.32 Å². The average molecular weight is 245 g/mol. The summed E-state index contributed by atoms with van der Waals surface area (Å²) in [5.41, 5.74) is 3.14. The Labute approximate surface area is 110 Å². The molecule has 0 bridgehead atoms. The Morgan fingerprint density at radius 3 is 2.28 bits per heavy atom. The molecule has 0 amide bonds. The van der Waals surface area contributed by atoms with Crippen molar-refractivity contribution in [3.05, 3.63) is 29.3 Å². The molecule has 0 spiro atoms. The lowest BCUT2D eigenvalue weighted by Crippen LogP contribution is -2.49. The normalized spacial score (nSPS) is 13.8. The lowest BCUT2D eigenvalue weighted by Gasteiger charge is -2.30. The third kappa shape index (κ3) is 3.75. The molecule has 0 saturated carbocycles. The largest absolute Gasteiger partial charge is 0.372 e. The van der Waals surface area contributed by atoms with E-state index in [0.717, 1.165) is 12.2 Å². The molecule has 1 unspecified atom stereocenters. The van der Waals surface area contributed by atoms with E-state index in [2.05, 4.69) is 48.3 Å². The highest BCUT2D eigenvalue weighted by atomic mass is 15.1. The molecule has 0 saturated heterocycles. The number of hydrogen-bond donors (Lipinski definition) is 1. The quantitative estimate of drug-likeness (QED) is 0.866. The highest BCUT2D eigenvalue weighted by Gasteiger charge is 2.24. The van der Waals surface area contributed by atoms with Gasteiger partial charge in [-0.3, -0.25) is 5.32 Å². The first kappa shape index (κ1) is 14.5. The smallest absolute Gasteiger partial charge is 0.121 e. The minimum atomic E-state index is -0.513. The van der Waals surface area contributed by atoms with E-state index in [-0.39, 0.29) is 0 Å². The zero-order valence-corrected chi connectivity index (χ0v) is 12.0. The number of rotatable bonds is 5. The van der Waals surface area contributed by atoms with Gasteiger partial charge >= 0.3 is 0 Å². The fraction of sp³-hybridized carbons (Fsp3) is 0.533. The van der Waals surface area contributed by atoms with Crippen LogP contribution in [-0.4, -0.2) is 25.7 Å². The summed E-state index contributed by atoms with van der Waals surface area (Å²) in [6, 6.07) is 8.81. The van der Waals surface area contributed by atoms with Crippen LogP contribution in [-0.2, 0) is 0 Å². The molecule has 0 fully saturated rings. The van der Waals surface area contributed by atoms with E-state index in [1.54, 1.807) is 0 Å². The summed E-state index contributed by atoms with van der Waals surface area (Å²) >= 11 is 0. The maximum absolute atomic E-state index is 9.28. The average Bonchev–Trinajstić information content (AvgIpc) is 2.28. The Kier molecular flexibility index (Phi) is 4.75. The second-order valence-corrected chi connectivity index (χ2v) is 5.18.